The number of nitrogens with two attached hydrogens (primary N) is 1. The number of nitrogen functional groups attached to an aromatic ring is 1. The number of amides is 4. The van der Waals surface area contributed by atoms with E-state index in [1.54, 1.807) is 11.3 Å². The Morgan fingerprint density at radius 1 is 0.957 bits per heavy atom. The maximum absolute atomic E-state index is 14.1. The summed E-state index contributed by atoms with van der Waals surface area (Å²) in [7, 11) is 0. The molecule has 0 unspecified atom stereocenters. The molecule has 1 aromatic carbocycles. The smallest absolute Gasteiger partial charge is 0.322 e. The van der Waals surface area contributed by atoms with Gasteiger partial charge in [-0.2, -0.15) is 0 Å². The first-order valence-electron chi connectivity index (χ1n) is 17.3. The van der Waals surface area contributed by atoms with Crippen molar-refractivity contribution in [2.24, 2.45) is 5.92 Å². The van der Waals surface area contributed by atoms with Crippen molar-refractivity contribution in [3.05, 3.63) is 44.6 Å². The fourth-order valence-electron chi connectivity index (χ4n) is 7.94. The quantitative estimate of drug-likeness (QED) is 0.354. The lowest BCUT2D eigenvalue weighted by Gasteiger charge is -2.41. The third-order valence-electron chi connectivity index (χ3n) is 10.7. The zero-order valence-electron chi connectivity index (χ0n) is 27.1. The molecule has 3 N–H and O–H groups in total. The number of hydrogen-bond acceptors (Lipinski definition) is 6. The highest BCUT2D eigenvalue weighted by atomic mass is 35.5. The number of carbonyl (C=O) groups excluding carboxylic acids is 3. The summed E-state index contributed by atoms with van der Waals surface area (Å²) in [6, 6.07) is 4.50. The van der Waals surface area contributed by atoms with Gasteiger partial charge in [-0.05, 0) is 99.0 Å². The number of hydrogen-bond donors (Lipinski definition) is 2. The van der Waals surface area contributed by atoms with Gasteiger partial charge in [-0.3, -0.25) is 9.59 Å². The lowest BCUT2D eigenvalue weighted by molar-refractivity contribution is -0.143. The summed E-state index contributed by atoms with van der Waals surface area (Å²) in [6.07, 6.45) is 9.53. The van der Waals surface area contributed by atoms with Crippen molar-refractivity contribution >= 4 is 52.2 Å². The van der Waals surface area contributed by atoms with E-state index in [1.807, 2.05) is 39.1 Å². The number of nitrogens with one attached hydrogen (secondary N) is 1. The van der Waals surface area contributed by atoms with Crippen LogP contribution in [0.5, 0.6) is 0 Å². The van der Waals surface area contributed by atoms with Gasteiger partial charge >= 0.3 is 6.03 Å². The lowest BCUT2D eigenvalue weighted by Crippen LogP contribution is -2.51. The largest absolute Gasteiger partial charge is 0.397 e. The average molecular weight is 669 g/mol. The number of thiophene rings is 1. The molecular weight excluding hydrogens is 620 g/mol. The van der Waals surface area contributed by atoms with Crippen LogP contribution >= 0.6 is 22.9 Å². The Hall–Kier alpha value is -2.82. The first kappa shape index (κ1) is 33.1. The molecule has 0 radical (unpaired) electrons. The Morgan fingerprint density at radius 3 is 2.37 bits per heavy atom. The summed E-state index contributed by atoms with van der Waals surface area (Å²) in [6.45, 7) is 7.72. The highest BCUT2D eigenvalue weighted by molar-refractivity contribution is 7.08. The predicted molar refractivity (Wildman–Crippen MR) is 185 cm³/mol. The minimum absolute atomic E-state index is 0.0134. The highest BCUT2D eigenvalue weighted by Crippen LogP contribution is 2.31. The van der Waals surface area contributed by atoms with Crippen molar-refractivity contribution in [2.75, 3.05) is 56.9 Å². The molecule has 3 fully saturated rings. The minimum Gasteiger partial charge on any atom is -0.397 e. The van der Waals surface area contributed by atoms with Crippen molar-refractivity contribution in [3.63, 3.8) is 0 Å². The number of carbonyl (C=O) groups is 3. The van der Waals surface area contributed by atoms with Gasteiger partial charge in [0.15, 0.2) is 0 Å². The molecule has 250 valence electrons. The zero-order valence-corrected chi connectivity index (χ0v) is 28.7. The molecule has 1 atom stereocenters. The molecule has 0 saturated carbocycles. The van der Waals surface area contributed by atoms with Crippen molar-refractivity contribution in [3.8, 4) is 0 Å². The molecule has 11 heteroatoms. The Morgan fingerprint density at radius 2 is 1.65 bits per heavy atom. The number of anilines is 2. The Balaban J connectivity index is 1.10. The molecule has 4 amide bonds. The van der Waals surface area contributed by atoms with E-state index in [0.29, 0.717) is 42.8 Å². The molecule has 1 aromatic heterocycles. The second kappa shape index (κ2) is 14.9. The third-order valence-corrected chi connectivity index (χ3v) is 11.8. The van der Waals surface area contributed by atoms with Gasteiger partial charge < -0.3 is 30.7 Å². The Bertz CT molecular complexity index is 1390. The van der Waals surface area contributed by atoms with E-state index < -0.39 is 5.92 Å². The second-order valence-electron chi connectivity index (χ2n) is 13.6. The van der Waals surface area contributed by atoms with E-state index >= 15 is 0 Å². The average Bonchev–Trinajstić information content (AvgIpc) is 3.46. The summed E-state index contributed by atoms with van der Waals surface area (Å²) in [5.41, 5.74) is 10.8. The van der Waals surface area contributed by atoms with Gasteiger partial charge in [0, 0.05) is 56.6 Å². The zero-order chi connectivity index (χ0) is 32.2. The number of likely N-dealkylation sites (tertiary alicyclic amines) is 3. The fourth-order valence-corrected chi connectivity index (χ4v) is 9.03. The van der Waals surface area contributed by atoms with Gasteiger partial charge in [0.25, 0.3) is 0 Å². The SMILES string of the molecule is CCc1cc(C[C@@H](CC(=O)N2CCC(N3CCc4cscc4NC3=O)CC2)C(=O)N2CCC(N3CCCCC3)CC2)cc(Cl)c1N. The van der Waals surface area contributed by atoms with Gasteiger partial charge in [-0.15, -0.1) is 11.3 Å². The normalized spacial score (nSPS) is 21.1. The van der Waals surface area contributed by atoms with E-state index in [0.717, 1.165) is 68.4 Å². The van der Waals surface area contributed by atoms with Crippen molar-refractivity contribution in [1.29, 1.82) is 0 Å². The Labute approximate surface area is 282 Å². The Kier molecular flexibility index (Phi) is 10.8. The van der Waals surface area contributed by atoms with Crippen LogP contribution in [0.15, 0.2) is 22.9 Å². The molecule has 2 aromatic rings. The third kappa shape index (κ3) is 7.50. The summed E-state index contributed by atoms with van der Waals surface area (Å²) in [5, 5.41) is 7.67. The molecule has 0 aliphatic carbocycles. The van der Waals surface area contributed by atoms with E-state index in [4.69, 9.17) is 17.3 Å². The van der Waals surface area contributed by atoms with E-state index in [-0.39, 0.29) is 30.3 Å². The van der Waals surface area contributed by atoms with Crippen LogP contribution in [0, 0.1) is 5.92 Å². The molecule has 5 heterocycles. The fraction of sp³-hybridized carbons (Fsp3) is 0.629. The maximum Gasteiger partial charge on any atom is 0.322 e. The van der Waals surface area contributed by atoms with Crippen LogP contribution in [0.1, 0.15) is 75.0 Å². The van der Waals surface area contributed by atoms with Crippen LogP contribution in [0.4, 0.5) is 16.2 Å². The van der Waals surface area contributed by atoms with Crippen LogP contribution in [0.2, 0.25) is 5.02 Å². The van der Waals surface area contributed by atoms with E-state index in [2.05, 4.69) is 15.6 Å². The van der Waals surface area contributed by atoms with E-state index in [1.165, 1.54) is 37.9 Å². The van der Waals surface area contributed by atoms with Crippen LogP contribution in [-0.4, -0.2) is 95.3 Å². The maximum atomic E-state index is 14.1. The molecule has 0 bridgehead atoms. The molecule has 6 rings (SSSR count). The van der Waals surface area contributed by atoms with Gasteiger partial charge in [0.05, 0.1) is 22.3 Å². The van der Waals surface area contributed by atoms with Crippen molar-refractivity contribution < 1.29 is 14.4 Å². The number of halogens is 1. The monoisotopic (exact) mass is 668 g/mol. The number of fused-ring (bicyclic) bond motifs is 1. The molecule has 46 heavy (non-hydrogen) atoms. The standard InChI is InChI=1S/C35H49ClN6O3S/c1-2-25-18-24(20-30(36)33(25)37)19-27(34(44)41-15-7-28(8-16-41)39-11-4-3-5-12-39)21-32(43)40-13-9-29(10-14-40)42-17-6-26-22-46-23-31(26)38-35(42)45/h18,20,22-23,27-29H,2-17,19,21,37H2,1H3,(H,38,45)/t27-/m0/s1. The molecule has 0 spiro atoms. The molecule has 3 saturated heterocycles. The number of rotatable bonds is 8. The summed E-state index contributed by atoms with van der Waals surface area (Å²) in [5.74, 6) is -0.379. The highest BCUT2D eigenvalue weighted by Gasteiger charge is 2.35. The number of piperidine rings is 3. The number of aryl methyl sites for hydroxylation is 1. The molecule has 4 aliphatic rings. The van der Waals surface area contributed by atoms with Crippen LogP contribution in [0.25, 0.3) is 0 Å². The van der Waals surface area contributed by atoms with Gasteiger partial charge in [0.1, 0.15) is 0 Å². The van der Waals surface area contributed by atoms with Gasteiger partial charge in [-0.1, -0.05) is 31.0 Å². The minimum atomic E-state index is -0.462. The van der Waals surface area contributed by atoms with Crippen LogP contribution in [0.3, 0.4) is 0 Å². The molecule has 4 aliphatic heterocycles. The first-order valence-corrected chi connectivity index (χ1v) is 18.6. The second-order valence-corrected chi connectivity index (χ2v) is 14.7. The molecule has 9 nitrogen and oxygen atoms in total. The topological polar surface area (TPSA) is 102 Å². The van der Waals surface area contributed by atoms with Gasteiger partial charge in [-0.25, -0.2) is 4.79 Å². The van der Waals surface area contributed by atoms with Crippen molar-refractivity contribution in [2.45, 2.75) is 89.6 Å². The first-order chi connectivity index (χ1) is 22.3. The van der Waals surface area contributed by atoms with Crippen molar-refractivity contribution in [1.82, 2.24) is 19.6 Å². The number of benzene rings is 1. The lowest BCUT2D eigenvalue weighted by atomic mass is 9.90. The molecular formula is C35H49ClN6O3S. The summed E-state index contributed by atoms with van der Waals surface area (Å²) in [4.78, 5) is 49.4. The summed E-state index contributed by atoms with van der Waals surface area (Å²) < 4.78 is 0. The summed E-state index contributed by atoms with van der Waals surface area (Å²) >= 11 is 8.13. The van der Waals surface area contributed by atoms with E-state index in [9.17, 15) is 14.4 Å². The number of nitrogens with zero attached hydrogens (tertiary/aromatic N) is 4. The number of urea groups is 1. The van der Waals surface area contributed by atoms with Crippen LogP contribution < -0.4 is 11.1 Å². The van der Waals surface area contributed by atoms with Gasteiger partial charge in [0.2, 0.25) is 11.8 Å². The van der Waals surface area contributed by atoms with Crippen LogP contribution in [-0.2, 0) is 28.9 Å². The predicted octanol–water partition coefficient (Wildman–Crippen LogP) is 5.65.